The van der Waals surface area contributed by atoms with Gasteiger partial charge in [0.25, 0.3) is 0 Å². The number of H-pyrrole nitrogens is 1. The highest BCUT2D eigenvalue weighted by Gasteiger charge is 2.39. The maximum absolute atomic E-state index is 12.2. The number of aromatic nitrogens is 5. The predicted octanol–water partition coefficient (Wildman–Crippen LogP) is 2.21. The molecule has 3 atom stereocenters. The molecule has 2 aliphatic carbocycles. The highest BCUT2D eigenvalue weighted by atomic mass is 32.2. The van der Waals surface area contributed by atoms with Crippen molar-refractivity contribution in [3.63, 3.8) is 0 Å². The third-order valence-corrected chi connectivity index (χ3v) is 8.07. The Morgan fingerprint density at radius 2 is 2.15 bits per heavy atom. The molecule has 2 N–H and O–H groups in total. The molecule has 3 heterocycles. The van der Waals surface area contributed by atoms with Gasteiger partial charge >= 0.3 is 0 Å². The molecule has 0 amide bonds. The van der Waals surface area contributed by atoms with E-state index in [0.29, 0.717) is 18.4 Å². The quantitative estimate of drug-likeness (QED) is 0.673. The van der Waals surface area contributed by atoms with Crippen LogP contribution in [0.15, 0.2) is 18.5 Å². The molecule has 2 aliphatic rings. The largest absolute Gasteiger partial charge is 0.345 e. The van der Waals surface area contributed by atoms with Crippen molar-refractivity contribution in [2.45, 2.75) is 50.2 Å². The van der Waals surface area contributed by atoms with E-state index in [1.807, 2.05) is 12.3 Å². The van der Waals surface area contributed by atoms with Crippen molar-refractivity contribution in [2.75, 3.05) is 6.54 Å². The normalized spacial score (nSPS) is 26.3. The van der Waals surface area contributed by atoms with Crippen molar-refractivity contribution in [1.82, 2.24) is 29.3 Å². The molecular formula is C18H24N6O2S. The molecule has 0 bridgehead atoms. The molecule has 27 heavy (non-hydrogen) atoms. The lowest BCUT2D eigenvalue weighted by molar-refractivity contribution is 0.443. The van der Waals surface area contributed by atoms with Crippen LogP contribution in [-0.4, -0.2) is 44.8 Å². The molecule has 3 aromatic heterocycles. The molecule has 5 rings (SSSR count). The topological polar surface area (TPSA) is 105 Å². The minimum atomic E-state index is -3.12. The van der Waals surface area contributed by atoms with Gasteiger partial charge in [0, 0.05) is 18.7 Å². The summed E-state index contributed by atoms with van der Waals surface area (Å²) in [5.41, 5.74) is 2.56. The Hall–Kier alpha value is -2.00. The number of hydrogen-bond acceptors (Lipinski definition) is 5. The number of nitrogens with zero attached hydrogens (tertiary/aromatic N) is 4. The lowest BCUT2D eigenvalue weighted by Crippen LogP contribution is -2.31. The number of fused-ring (bicyclic) bond motifs is 3. The van der Waals surface area contributed by atoms with Crippen molar-refractivity contribution in [2.24, 2.45) is 11.8 Å². The van der Waals surface area contributed by atoms with E-state index in [1.54, 1.807) is 6.20 Å². The SMILES string of the molecule is CC[C@@H]1CC(CNS(=O)(=O)C2CC2)C[C@@H]1c1nnc2cnc3[nH]ccc3n12. The van der Waals surface area contributed by atoms with Crippen LogP contribution in [0, 0.1) is 11.8 Å². The lowest BCUT2D eigenvalue weighted by atomic mass is 9.93. The number of nitrogens with one attached hydrogen (secondary N) is 2. The van der Waals surface area contributed by atoms with Gasteiger partial charge in [-0.2, -0.15) is 0 Å². The molecule has 1 unspecified atom stereocenters. The van der Waals surface area contributed by atoms with E-state index in [4.69, 9.17) is 0 Å². The average Bonchev–Trinajstić information content (AvgIpc) is 3.11. The van der Waals surface area contributed by atoms with E-state index in [2.05, 4.69) is 36.2 Å². The second-order valence-electron chi connectivity index (χ2n) is 7.93. The van der Waals surface area contributed by atoms with Crippen LogP contribution in [0.3, 0.4) is 0 Å². The first-order valence-electron chi connectivity index (χ1n) is 9.72. The van der Waals surface area contributed by atoms with Gasteiger partial charge in [0.05, 0.1) is 17.0 Å². The van der Waals surface area contributed by atoms with Gasteiger partial charge in [-0.1, -0.05) is 13.3 Å². The highest BCUT2D eigenvalue weighted by molar-refractivity contribution is 7.90. The molecule has 144 valence electrons. The number of sulfonamides is 1. The summed E-state index contributed by atoms with van der Waals surface area (Å²) < 4.78 is 29.3. The molecule has 8 nitrogen and oxygen atoms in total. The summed E-state index contributed by atoms with van der Waals surface area (Å²) in [6, 6.07) is 2.00. The number of hydrogen-bond donors (Lipinski definition) is 2. The average molecular weight is 388 g/mol. The Morgan fingerprint density at radius 3 is 2.93 bits per heavy atom. The summed E-state index contributed by atoms with van der Waals surface area (Å²) in [6.07, 6.45) is 8.21. The Morgan fingerprint density at radius 1 is 1.30 bits per heavy atom. The van der Waals surface area contributed by atoms with E-state index in [9.17, 15) is 8.42 Å². The van der Waals surface area contributed by atoms with Gasteiger partial charge in [0.2, 0.25) is 10.0 Å². The predicted molar refractivity (Wildman–Crippen MR) is 102 cm³/mol. The van der Waals surface area contributed by atoms with Crippen LogP contribution in [0.1, 0.15) is 50.8 Å². The summed E-state index contributed by atoms with van der Waals surface area (Å²) >= 11 is 0. The second-order valence-corrected chi connectivity index (χ2v) is 9.97. The molecular weight excluding hydrogens is 364 g/mol. The van der Waals surface area contributed by atoms with Crippen LogP contribution in [0.2, 0.25) is 0 Å². The summed E-state index contributed by atoms with van der Waals surface area (Å²) in [5.74, 6) is 2.07. The molecule has 0 spiro atoms. The Balaban J connectivity index is 1.42. The van der Waals surface area contributed by atoms with Crippen molar-refractivity contribution in [3.8, 4) is 0 Å². The lowest BCUT2D eigenvalue weighted by Gasteiger charge is -2.16. The third-order valence-electron chi connectivity index (χ3n) is 6.15. The zero-order valence-corrected chi connectivity index (χ0v) is 16.1. The molecule has 2 fully saturated rings. The highest BCUT2D eigenvalue weighted by Crippen LogP contribution is 2.44. The van der Waals surface area contributed by atoms with Gasteiger partial charge in [0.1, 0.15) is 5.82 Å². The smallest absolute Gasteiger partial charge is 0.214 e. The Bertz CT molecular complexity index is 1080. The minimum Gasteiger partial charge on any atom is -0.345 e. The zero-order chi connectivity index (χ0) is 18.6. The molecule has 0 aromatic carbocycles. The van der Waals surface area contributed by atoms with Crippen molar-refractivity contribution < 1.29 is 8.42 Å². The van der Waals surface area contributed by atoms with Crippen molar-refractivity contribution in [3.05, 3.63) is 24.3 Å². The molecule has 0 radical (unpaired) electrons. The minimum absolute atomic E-state index is 0.161. The van der Waals surface area contributed by atoms with Gasteiger partial charge in [-0.15, -0.1) is 10.2 Å². The standard InChI is InChI=1S/C18H24N6O2S/c1-2-12-7-11(9-21-27(25,26)13-3-4-13)8-14(12)18-23-22-16-10-20-17-15(24(16)18)5-6-19-17/h5-6,10-14,19,21H,2-4,7-9H2,1H3/t11?,12-,14+/m1/s1. The van der Waals surface area contributed by atoms with E-state index in [1.165, 1.54) is 0 Å². The second kappa shape index (κ2) is 6.27. The first-order valence-corrected chi connectivity index (χ1v) is 11.3. The molecule has 2 saturated carbocycles. The zero-order valence-electron chi connectivity index (χ0n) is 15.3. The Labute approximate surface area is 157 Å². The molecule has 0 saturated heterocycles. The van der Waals surface area contributed by atoms with Crippen LogP contribution in [0.25, 0.3) is 16.8 Å². The van der Waals surface area contributed by atoms with Gasteiger partial charge in [-0.25, -0.2) is 18.1 Å². The van der Waals surface area contributed by atoms with Crippen LogP contribution in [-0.2, 0) is 10.0 Å². The van der Waals surface area contributed by atoms with E-state index >= 15 is 0 Å². The Kier molecular flexibility index (Phi) is 3.98. The van der Waals surface area contributed by atoms with Gasteiger partial charge in [-0.05, 0) is 43.6 Å². The first kappa shape index (κ1) is 17.1. The monoisotopic (exact) mass is 388 g/mol. The van der Waals surface area contributed by atoms with Crippen LogP contribution >= 0.6 is 0 Å². The third kappa shape index (κ3) is 2.93. The van der Waals surface area contributed by atoms with Crippen LogP contribution < -0.4 is 4.72 Å². The van der Waals surface area contributed by atoms with Gasteiger partial charge in [-0.3, -0.25) is 4.40 Å². The van der Waals surface area contributed by atoms with E-state index in [0.717, 1.165) is 54.7 Å². The van der Waals surface area contributed by atoms with E-state index in [-0.39, 0.29) is 11.2 Å². The maximum Gasteiger partial charge on any atom is 0.214 e. The van der Waals surface area contributed by atoms with Crippen molar-refractivity contribution in [1.29, 1.82) is 0 Å². The fourth-order valence-electron chi connectivity index (χ4n) is 4.54. The van der Waals surface area contributed by atoms with Crippen molar-refractivity contribution >= 4 is 26.8 Å². The van der Waals surface area contributed by atoms with Crippen LogP contribution in [0.5, 0.6) is 0 Å². The van der Waals surface area contributed by atoms with Gasteiger partial charge in [0.15, 0.2) is 11.3 Å². The summed E-state index contributed by atoms with van der Waals surface area (Å²) in [6.45, 7) is 2.73. The summed E-state index contributed by atoms with van der Waals surface area (Å²) in [7, 11) is -3.12. The number of rotatable bonds is 6. The molecule has 9 heteroatoms. The fourth-order valence-corrected chi connectivity index (χ4v) is 6.00. The number of aromatic amines is 1. The van der Waals surface area contributed by atoms with Gasteiger partial charge < -0.3 is 4.98 Å². The summed E-state index contributed by atoms with van der Waals surface area (Å²) in [5, 5.41) is 8.68. The first-order chi connectivity index (χ1) is 13.1. The fraction of sp³-hybridized carbons (Fsp3) is 0.611. The van der Waals surface area contributed by atoms with Crippen LogP contribution in [0.4, 0.5) is 0 Å². The molecule has 0 aliphatic heterocycles. The summed E-state index contributed by atoms with van der Waals surface area (Å²) in [4.78, 5) is 7.53. The maximum atomic E-state index is 12.2. The molecule has 3 aromatic rings. The van der Waals surface area contributed by atoms with E-state index < -0.39 is 10.0 Å².